The number of hydrogen-bond acceptors (Lipinski definition) is 6. The monoisotopic (exact) mass is 421 g/mol. The van der Waals surface area contributed by atoms with Crippen molar-refractivity contribution in [3.8, 4) is 11.5 Å². The number of ether oxygens (including phenoxy) is 1. The number of aromatic nitrogens is 4. The first-order chi connectivity index (χ1) is 15.1. The van der Waals surface area contributed by atoms with Crippen LogP contribution in [0.5, 0.6) is 0 Å². The molecule has 31 heavy (non-hydrogen) atoms. The van der Waals surface area contributed by atoms with Crippen LogP contribution < -0.4 is 0 Å². The summed E-state index contributed by atoms with van der Waals surface area (Å²) in [6.07, 6.45) is 6.69. The van der Waals surface area contributed by atoms with E-state index in [0.29, 0.717) is 18.4 Å². The predicted molar refractivity (Wildman–Crippen MR) is 113 cm³/mol. The van der Waals surface area contributed by atoms with E-state index in [-0.39, 0.29) is 17.4 Å². The molecule has 1 aromatic carbocycles. The fourth-order valence-electron chi connectivity index (χ4n) is 4.82. The fourth-order valence-corrected chi connectivity index (χ4v) is 4.82. The fraction of sp³-hybridized carbons (Fsp3) is 0.565. The zero-order valence-corrected chi connectivity index (χ0v) is 17.8. The lowest BCUT2D eigenvalue weighted by Gasteiger charge is -2.32. The number of fused-ring (bicyclic) bond motifs is 1. The van der Waals surface area contributed by atoms with Crippen LogP contribution in [-0.2, 0) is 9.53 Å². The maximum Gasteiger partial charge on any atom is 0.258 e. The van der Waals surface area contributed by atoms with E-state index in [0.717, 1.165) is 74.1 Å². The van der Waals surface area contributed by atoms with Crippen molar-refractivity contribution in [2.45, 2.75) is 51.0 Å². The van der Waals surface area contributed by atoms with Gasteiger partial charge in [0.1, 0.15) is 0 Å². The van der Waals surface area contributed by atoms with Crippen LogP contribution in [0.1, 0.15) is 56.8 Å². The molecule has 3 aliphatic rings. The predicted octanol–water partition coefficient (Wildman–Crippen LogP) is 3.55. The summed E-state index contributed by atoms with van der Waals surface area (Å²) in [5, 5.41) is 9.95. The Kier molecular flexibility index (Phi) is 4.38. The Morgan fingerprint density at radius 1 is 1.19 bits per heavy atom. The molecule has 2 aliphatic heterocycles. The van der Waals surface area contributed by atoms with E-state index in [1.807, 2.05) is 17.2 Å². The van der Waals surface area contributed by atoms with Crippen LogP contribution in [0.15, 0.2) is 28.9 Å². The Bertz CT molecular complexity index is 1120. The second-order valence-electron chi connectivity index (χ2n) is 9.47. The van der Waals surface area contributed by atoms with Crippen molar-refractivity contribution >= 4 is 16.8 Å². The number of piperidine rings is 1. The van der Waals surface area contributed by atoms with E-state index in [1.54, 1.807) is 0 Å². The molecule has 1 aliphatic carbocycles. The van der Waals surface area contributed by atoms with Gasteiger partial charge in [0.2, 0.25) is 5.91 Å². The van der Waals surface area contributed by atoms with Crippen LogP contribution in [-0.4, -0.2) is 57.0 Å². The van der Waals surface area contributed by atoms with Gasteiger partial charge >= 0.3 is 0 Å². The van der Waals surface area contributed by atoms with Crippen molar-refractivity contribution in [2.75, 3.05) is 26.3 Å². The van der Waals surface area contributed by atoms with Crippen LogP contribution in [0.3, 0.4) is 0 Å². The molecule has 6 rings (SSSR count). The van der Waals surface area contributed by atoms with E-state index < -0.39 is 0 Å². The molecule has 0 N–H and O–H groups in total. The molecule has 0 bridgehead atoms. The van der Waals surface area contributed by atoms with E-state index in [1.165, 1.54) is 0 Å². The third kappa shape index (κ3) is 3.33. The first-order valence-electron chi connectivity index (χ1n) is 11.3. The second-order valence-corrected chi connectivity index (χ2v) is 9.47. The summed E-state index contributed by atoms with van der Waals surface area (Å²) in [6.45, 7) is 5.11. The number of likely N-dealkylation sites (tertiary alicyclic amines) is 1. The molecule has 8 nitrogen and oxygen atoms in total. The van der Waals surface area contributed by atoms with Gasteiger partial charge in [0.05, 0.1) is 24.4 Å². The minimum absolute atomic E-state index is 0.0953. The Labute approximate surface area is 180 Å². The highest BCUT2D eigenvalue weighted by molar-refractivity contribution is 5.85. The first-order valence-corrected chi connectivity index (χ1v) is 11.3. The number of carbonyl (C=O) groups is 1. The summed E-state index contributed by atoms with van der Waals surface area (Å²) in [6, 6.07) is 6.41. The number of amides is 1. The zero-order valence-electron chi connectivity index (χ0n) is 17.8. The molecule has 2 aromatic heterocycles. The Hall–Kier alpha value is -2.74. The number of carbonyl (C=O) groups excluding carboxylic acids is 1. The molecule has 4 heterocycles. The van der Waals surface area contributed by atoms with Crippen molar-refractivity contribution in [3.05, 3.63) is 30.2 Å². The maximum atomic E-state index is 12.6. The van der Waals surface area contributed by atoms with Gasteiger partial charge in [-0.05, 0) is 44.2 Å². The average Bonchev–Trinajstić information content (AvgIpc) is 3.26. The van der Waals surface area contributed by atoms with Gasteiger partial charge in [-0.25, -0.2) is 0 Å². The Morgan fingerprint density at radius 2 is 2.03 bits per heavy atom. The first kappa shape index (κ1) is 19.0. The highest BCUT2D eigenvalue weighted by Gasteiger charge is 2.47. The third-order valence-electron chi connectivity index (χ3n) is 7.20. The number of hydrogen-bond donors (Lipinski definition) is 0. The van der Waals surface area contributed by atoms with Crippen molar-refractivity contribution in [2.24, 2.45) is 5.41 Å². The van der Waals surface area contributed by atoms with Gasteiger partial charge in [-0.3, -0.25) is 9.48 Å². The molecule has 3 fully saturated rings. The topological polar surface area (TPSA) is 86.3 Å². The summed E-state index contributed by atoms with van der Waals surface area (Å²) in [5.74, 6) is 1.84. The molecule has 3 aromatic rings. The van der Waals surface area contributed by atoms with Crippen molar-refractivity contribution in [1.29, 1.82) is 0 Å². The van der Waals surface area contributed by atoms with Crippen LogP contribution in [0.25, 0.3) is 22.4 Å². The van der Waals surface area contributed by atoms with Crippen LogP contribution in [0, 0.1) is 5.41 Å². The van der Waals surface area contributed by atoms with Gasteiger partial charge < -0.3 is 14.2 Å². The minimum atomic E-state index is -0.0953. The van der Waals surface area contributed by atoms with Gasteiger partial charge in [-0.1, -0.05) is 18.1 Å². The second kappa shape index (κ2) is 7.15. The van der Waals surface area contributed by atoms with Gasteiger partial charge in [0.15, 0.2) is 5.82 Å². The molecule has 2 saturated heterocycles. The minimum Gasteiger partial charge on any atom is -0.379 e. The lowest BCUT2D eigenvalue weighted by Crippen LogP contribution is -2.41. The smallest absolute Gasteiger partial charge is 0.258 e. The molecule has 0 spiro atoms. The number of rotatable bonds is 4. The van der Waals surface area contributed by atoms with Gasteiger partial charge in [-0.15, -0.1) is 0 Å². The number of benzene rings is 1. The van der Waals surface area contributed by atoms with E-state index in [4.69, 9.17) is 14.2 Å². The highest BCUT2D eigenvalue weighted by atomic mass is 16.5. The molecule has 162 valence electrons. The molecule has 0 radical (unpaired) electrons. The summed E-state index contributed by atoms with van der Waals surface area (Å²) < 4.78 is 13.2. The van der Waals surface area contributed by atoms with Crippen LogP contribution in [0.2, 0.25) is 0 Å². The van der Waals surface area contributed by atoms with Crippen LogP contribution >= 0.6 is 0 Å². The lowest BCUT2D eigenvalue weighted by atomic mass is 9.95. The molecule has 1 amide bonds. The summed E-state index contributed by atoms with van der Waals surface area (Å²) >= 11 is 0. The average molecular weight is 422 g/mol. The molecular formula is C23H27N5O3. The highest BCUT2D eigenvalue weighted by Crippen LogP contribution is 2.47. The molecule has 8 heteroatoms. The van der Waals surface area contributed by atoms with Gasteiger partial charge in [0, 0.05) is 42.0 Å². The van der Waals surface area contributed by atoms with Crippen molar-refractivity contribution in [1.82, 2.24) is 24.8 Å². The normalized spacial score (nSPS) is 23.5. The SMILES string of the molecule is CC1(C(=O)N2CCC(c3noc(-c4ccc5cnn([C@H]6CCOC6)c5c4)n3)CC2)CC1. The summed E-state index contributed by atoms with van der Waals surface area (Å²) in [4.78, 5) is 19.3. The molecule has 1 saturated carbocycles. The Morgan fingerprint density at radius 3 is 2.77 bits per heavy atom. The summed E-state index contributed by atoms with van der Waals surface area (Å²) in [5.41, 5.74) is 1.87. The molecule has 1 atom stereocenters. The standard InChI is InChI=1S/C23H27N5O3/c1-23(7-8-23)22(29)27-9-4-15(5-10-27)20-25-21(31-26-20)16-2-3-17-13-24-28(19(17)12-16)18-6-11-30-14-18/h2-3,12-13,15,18H,4-11,14H2,1H3/t18-/m0/s1. The van der Waals surface area contributed by atoms with Crippen molar-refractivity contribution < 1.29 is 14.1 Å². The summed E-state index contributed by atoms with van der Waals surface area (Å²) in [7, 11) is 0. The van der Waals surface area contributed by atoms with Gasteiger partial charge in [-0.2, -0.15) is 10.1 Å². The largest absolute Gasteiger partial charge is 0.379 e. The molecular weight excluding hydrogens is 394 g/mol. The lowest BCUT2D eigenvalue weighted by molar-refractivity contribution is -0.137. The van der Waals surface area contributed by atoms with Gasteiger partial charge in [0.25, 0.3) is 5.89 Å². The third-order valence-corrected chi connectivity index (χ3v) is 7.20. The molecule has 0 unspecified atom stereocenters. The quantitative estimate of drug-likeness (QED) is 0.640. The van der Waals surface area contributed by atoms with Crippen LogP contribution in [0.4, 0.5) is 0 Å². The Balaban J connectivity index is 1.19. The van der Waals surface area contributed by atoms with E-state index in [2.05, 4.69) is 34.0 Å². The number of nitrogens with zero attached hydrogens (tertiary/aromatic N) is 5. The van der Waals surface area contributed by atoms with E-state index >= 15 is 0 Å². The van der Waals surface area contributed by atoms with E-state index in [9.17, 15) is 4.79 Å². The van der Waals surface area contributed by atoms with Crippen molar-refractivity contribution in [3.63, 3.8) is 0 Å². The maximum absolute atomic E-state index is 12.6. The zero-order chi connectivity index (χ0) is 21.0.